The van der Waals surface area contributed by atoms with Gasteiger partial charge in [0.1, 0.15) is 0 Å². The Hall–Kier alpha value is -1.11. The summed E-state index contributed by atoms with van der Waals surface area (Å²) in [7, 11) is -3.58. The fourth-order valence-corrected chi connectivity index (χ4v) is 4.47. The molecular formula is C14H22N2O3S. The molecule has 0 saturated carbocycles. The van der Waals surface area contributed by atoms with Gasteiger partial charge in [-0.05, 0) is 42.5 Å². The summed E-state index contributed by atoms with van der Waals surface area (Å²) in [4.78, 5) is 0.297. The van der Waals surface area contributed by atoms with Crippen molar-refractivity contribution in [3.05, 3.63) is 23.3 Å². The highest BCUT2D eigenvalue weighted by atomic mass is 32.2. The van der Waals surface area contributed by atoms with E-state index in [4.69, 9.17) is 5.73 Å². The molecule has 1 saturated heterocycles. The molecule has 1 aromatic rings. The first-order valence-electron chi connectivity index (χ1n) is 6.99. The van der Waals surface area contributed by atoms with Crippen LogP contribution in [0.25, 0.3) is 0 Å². The zero-order valence-corrected chi connectivity index (χ0v) is 12.8. The molecule has 20 heavy (non-hydrogen) atoms. The number of sulfonamides is 1. The second-order valence-corrected chi connectivity index (χ2v) is 7.08. The van der Waals surface area contributed by atoms with Crippen molar-refractivity contribution in [2.24, 2.45) is 0 Å². The van der Waals surface area contributed by atoms with Gasteiger partial charge in [0.2, 0.25) is 10.0 Å². The lowest BCUT2D eigenvalue weighted by molar-refractivity contribution is 0.189. The Kier molecular flexibility index (Phi) is 4.36. The number of β-amino-alcohol motifs (C(OH)–C–C–N with tert-alkyl or cyclic N) is 1. The van der Waals surface area contributed by atoms with E-state index in [1.54, 1.807) is 6.07 Å². The summed E-state index contributed by atoms with van der Waals surface area (Å²) in [5.74, 6) is 0. The van der Waals surface area contributed by atoms with Crippen molar-refractivity contribution in [1.29, 1.82) is 0 Å². The van der Waals surface area contributed by atoms with Crippen LogP contribution in [0.3, 0.4) is 0 Å². The molecule has 2 rings (SSSR count). The van der Waals surface area contributed by atoms with Crippen molar-refractivity contribution in [3.8, 4) is 0 Å². The summed E-state index contributed by atoms with van der Waals surface area (Å²) in [6.07, 6.45) is 1.23. The van der Waals surface area contributed by atoms with Gasteiger partial charge in [0, 0.05) is 18.8 Å². The van der Waals surface area contributed by atoms with Crippen molar-refractivity contribution >= 4 is 15.7 Å². The smallest absolute Gasteiger partial charge is 0.243 e. The minimum atomic E-state index is -3.58. The number of hydrogen-bond donors (Lipinski definition) is 2. The zero-order chi connectivity index (χ0) is 14.9. The van der Waals surface area contributed by atoms with Gasteiger partial charge in [-0.15, -0.1) is 0 Å². The molecule has 0 spiro atoms. The van der Waals surface area contributed by atoms with Crippen LogP contribution < -0.4 is 5.73 Å². The molecule has 1 aliphatic heterocycles. The molecule has 0 amide bonds. The van der Waals surface area contributed by atoms with Crippen LogP contribution >= 0.6 is 0 Å². The molecule has 1 atom stereocenters. The average molecular weight is 298 g/mol. The maximum Gasteiger partial charge on any atom is 0.243 e. The predicted octanol–water partition coefficient (Wildman–Crippen LogP) is 1.15. The van der Waals surface area contributed by atoms with E-state index in [0.717, 1.165) is 12.0 Å². The molecular weight excluding hydrogens is 276 g/mol. The number of aliphatic hydroxyl groups excluding tert-OH is 1. The van der Waals surface area contributed by atoms with Gasteiger partial charge < -0.3 is 10.8 Å². The van der Waals surface area contributed by atoms with Crippen LogP contribution in [0.4, 0.5) is 5.69 Å². The normalized spacial score (nSPS) is 20.4. The van der Waals surface area contributed by atoms with Gasteiger partial charge in [-0.3, -0.25) is 0 Å². The van der Waals surface area contributed by atoms with Crippen LogP contribution in [0.15, 0.2) is 17.0 Å². The molecule has 5 nitrogen and oxygen atoms in total. The van der Waals surface area contributed by atoms with Crippen molar-refractivity contribution in [3.63, 3.8) is 0 Å². The summed E-state index contributed by atoms with van der Waals surface area (Å²) >= 11 is 0. The van der Waals surface area contributed by atoms with Crippen LogP contribution in [0.1, 0.15) is 31.4 Å². The van der Waals surface area contributed by atoms with Gasteiger partial charge in [-0.2, -0.15) is 4.31 Å². The Labute approximate surface area is 120 Å². The molecule has 0 aliphatic carbocycles. The van der Waals surface area contributed by atoms with Crippen molar-refractivity contribution in [1.82, 2.24) is 4.31 Å². The molecule has 1 aromatic carbocycles. The molecule has 0 radical (unpaired) electrons. The van der Waals surface area contributed by atoms with Crippen LogP contribution in [0.2, 0.25) is 0 Å². The van der Waals surface area contributed by atoms with Gasteiger partial charge in [0.25, 0.3) is 0 Å². The van der Waals surface area contributed by atoms with E-state index >= 15 is 0 Å². The van der Waals surface area contributed by atoms with Crippen LogP contribution in [0.5, 0.6) is 0 Å². The summed E-state index contributed by atoms with van der Waals surface area (Å²) in [5, 5.41) is 9.56. The first-order valence-corrected chi connectivity index (χ1v) is 8.43. The monoisotopic (exact) mass is 298 g/mol. The largest absolute Gasteiger partial charge is 0.398 e. The Morgan fingerprint density at radius 2 is 2.05 bits per heavy atom. The van der Waals surface area contributed by atoms with E-state index in [2.05, 4.69) is 0 Å². The van der Waals surface area contributed by atoms with Crippen LogP contribution in [0, 0.1) is 0 Å². The van der Waals surface area contributed by atoms with E-state index in [-0.39, 0.29) is 6.54 Å². The highest BCUT2D eigenvalue weighted by molar-refractivity contribution is 7.89. The number of hydrogen-bond acceptors (Lipinski definition) is 4. The lowest BCUT2D eigenvalue weighted by Crippen LogP contribution is -2.30. The molecule has 0 bridgehead atoms. The summed E-state index contributed by atoms with van der Waals surface area (Å²) in [6, 6.07) is 3.56. The Morgan fingerprint density at radius 1 is 1.35 bits per heavy atom. The third kappa shape index (κ3) is 2.68. The fraction of sp³-hybridized carbons (Fsp3) is 0.571. The quantitative estimate of drug-likeness (QED) is 0.817. The highest BCUT2D eigenvalue weighted by Gasteiger charge is 2.33. The first-order chi connectivity index (χ1) is 9.40. The zero-order valence-electron chi connectivity index (χ0n) is 12.0. The fourth-order valence-electron chi connectivity index (χ4n) is 2.61. The van der Waals surface area contributed by atoms with Crippen LogP contribution in [-0.2, 0) is 22.9 Å². The summed E-state index contributed by atoms with van der Waals surface area (Å²) < 4.78 is 26.8. The Morgan fingerprint density at radius 3 is 2.55 bits per heavy atom. The first kappa shape index (κ1) is 15.3. The van der Waals surface area contributed by atoms with E-state index in [1.165, 1.54) is 4.31 Å². The third-order valence-corrected chi connectivity index (χ3v) is 5.74. The van der Waals surface area contributed by atoms with Crippen molar-refractivity contribution < 1.29 is 13.5 Å². The Balaban J connectivity index is 2.52. The second kappa shape index (κ2) is 5.71. The molecule has 112 valence electrons. The van der Waals surface area contributed by atoms with Gasteiger partial charge in [0.15, 0.2) is 0 Å². The van der Waals surface area contributed by atoms with E-state index < -0.39 is 16.1 Å². The second-order valence-electron chi connectivity index (χ2n) is 5.17. The van der Waals surface area contributed by atoms with Crippen molar-refractivity contribution in [2.75, 3.05) is 18.8 Å². The van der Waals surface area contributed by atoms with Gasteiger partial charge in [-0.25, -0.2) is 8.42 Å². The Bertz CT molecular complexity index is 599. The van der Waals surface area contributed by atoms with Crippen LogP contribution in [-0.4, -0.2) is 37.0 Å². The number of anilines is 1. The number of nitrogens with two attached hydrogens (primary N) is 1. The summed E-state index contributed by atoms with van der Waals surface area (Å²) in [5.41, 5.74) is 8.12. The standard InChI is InChI=1S/C14H22N2O3S/c1-3-10-7-13(15)12(4-2)14(8-10)20(18,19)16-6-5-11(17)9-16/h7-8,11,17H,3-6,9,15H2,1-2H3/t11-/m1/s1. The number of aliphatic hydroxyl groups is 1. The molecule has 0 unspecified atom stereocenters. The third-order valence-electron chi connectivity index (χ3n) is 3.81. The molecule has 0 aromatic heterocycles. The maximum absolute atomic E-state index is 12.7. The summed E-state index contributed by atoms with van der Waals surface area (Å²) in [6.45, 7) is 4.40. The van der Waals surface area contributed by atoms with Gasteiger partial charge in [-0.1, -0.05) is 13.8 Å². The van der Waals surface area contributed by atoms with Gasteiger partial charge >= 0.3 is 0 Å². The minimum absolute atomic E-state index is 0.168. The highest BCUT2D eigenvalue weighted by Crippen LogP contribution is 2.29. The number of nitrogen functional groups attached to an aromatic ring is 1. The molecule has 6 heteroatoms. The lowest BCUT2D eigenvalue weighted by Gasteiger charge is -2.20. The molecule has 1 heterocycles. The topological polar surface area (TPSA) is 83.6 Å². The number of benzene rings is 1. The van der Waals surface area contributed by atoms with Crippen molar-refractivity contribution in [2.45, 2.75) is 44.1 Å². The minimum Gasteiger partial charge on any atom is -0.398 e. The average Bonchev–Trinajstić information content (AvgIpc) is 2.85. The van der Waals surface area contributed by atoms with E-state index in [0.29, 0.717) is 35.5 Å². The predicted molar refractivity (Wildman–Crippen MR) is 79.0 cm³/mol. The van der Waals surface area contributed by atoms with Gasteiger partial charge in [0.05, 0.1) is 11.0 Å². The number of nitrogens with zero attached hydrogens (tertiary/aromatic N) is 1. The molecule has 3 N–H and O–H groups in total. The number of rotatable bonds is 4. The molecule has 1 aliphatic rings. The van der Waals surface area contributed by atoms with E-state index in [9.17, 15) is 13.5 Å². The number of aryl methyl sites for hydroxylation is 1. The lowest BCUT2D eigenvalue weighted by atomic mass is 10.1. The SMILES string of the molecule is CCc1cc(N)c(CC)c(S(=O)(=O)N2CC[C@@H](O)C2)c1. The molecule has 1 fully saturated rings. The maximum atomic E-state index is 12.7. The van der Waals surface area contributed by atoms with E-state index in [1.807, 2.05) is 19.9 Å².